The molecule has 21 heavy (non-hydrogen) atoms. The molecule has 0 bridgehead atoms. The van der Waals surface area contributed by atoms with Gasteiger partial charge in [0.1, 0.15) is 0 Å². The minimum Gasteiger partial charge on any atom is -0.493 e. The quantitative estimate of drug-likeness (QED) is 0.663. The van der Waals surface area contributed by atoms with Crippen LogP contribution in [-0.2, 0) is 16.6 Å². The zero-order valence-electron chi connectivity index (χ0n) is 11.5. The van der Waals surface area contributed by atoms with Gasteiger partial charge in [0, 0.05) is 12.1 Å². The number of rotatable bonds is 9. The number of hydrogen-bond donors (Lipinski definition) is 2. The van der Waals surface area contributed by atoms with Gasteiger partial charge in [-0.05, 0) is 19.0 Å². The number of benzene rings is 1. The summed E-state index contributed by atoms with van der Waals surface area (Å²) in [6, 6.07) is 4.79. The average molecular weight is 324 g/mol. The van der Waals surface area contributed by atoms with Gasteiger partial charge in [0.15, 0.2) is 11.5 Å². The third-order valence-corrected chi connectivity index (χ3v) is 3.44. The molecule has 0 heterocycles. The van der Waals surface area contributed by atoms with E-state index in [4.69, 9.17) is 9.88 Å². The van der Waals surface area contributed by atoms with Gasteiger partial charge in [-0.25, -0.2) is 13.6 Å². The third kappa shape index (κ3) is 6.69. The van der Waals surface area contributed by atoms with Crippen molar-refractivity contribution < 1.29 is 26.7 Å². The molecule has 9 heteroatoms. The summed E-state index contributed by atoms with van der Waals surface area (Å²) in [6.07, 6.45) is 0.327. The molecule has 0 aliphatic heterocycles. The molecule has 0 saturated heterocycles. The fourth-order valence-corrected chi connectivity index (χ4v) is 2.25. The Hall–Kier alpha value is -1.45. The minimum absolute atomic E-state index is 0.0334. The van der Waals surface area contributed by atoms with Gasteiger partial charge in [0.2, 0.25) is 10.0 Å². The highest BCUT2D eigenvalue weighted by Gasteiger charge is 2.14. The molecule has 0 amide bonds. The summed E-state index contributed by atoms with van der Waals surface area (Å²) in [7, 11) is -2.13. The third-order valence-electron chi connectivity index (χ3n) is 2.59. The lowest BCUT2D eigenvalue weighted by Crippen LogP contribution is -2.22. The molecule has 3 N–H and O–H groups in total. The molecule has 0 fully saturated rings. The fourth-order valence-electron chi connectivity index (χ4n) is 1.71. The lowest BCUT2D eigenvalue weighted by molar-refractivity contribution is -0.0518. The molecular weight excluding hydrogens is 306 g/mol. The highest BCUT2D eigenvalue weighted by atomic mass is 32.2. The Balaban J connectivity index is 2.61. The van der Waals surface area contributed by atoms with Gasteiger partial charge < -0.3 is 14.8 Å². The monoisotopic (exact) mass is 324 g/mol. The molecule has 0 aliphatic rings. The molecule has 0 radical (unpaired) electrons. The topological polar surface area (TPSA) is 90.6 Å². The Labute approximate surface area is 122 Å². The van der Waals surface area contributed by atoms with Crippen LogP contribution in [0.5, 0.6) is 11.5 Å². The van der Waals surface area contributed by atoms with E-state index in [1.54, 1.807) is 12.1 Å². The van der Waals surface area contributed by atoms with E-state index >= 15 is 0 Å². The van der Waals surface area contributed by atoms with E-state index in [0.29, 0.717) is 18.5 Å². The van der Waals surface area contributed by atoms with Crippen LogP contribution in [0.1, 0.15) is 12.0 Å². The molecule has 0 spiro atoms. The summed E-state index contributed by atoms with van der Waals surface area (Å²) in [4.78, 5) is 0. The van der Waals surface area contributed by atoms with Crippen molar-refractivity contribution in [3.05, 3.63) is 23.8 Å². The Morgan fingerprint density at radius 1 is 1.38 bits per heavy atom. The maximum Gasteiger partial charge on any atom is 0.387 e. The number of methoxy groups -OCH3 is 1. The number of halogens is 2. The Kier molecular flexibility index (Phi) is 6.79. The number of alkyl halides is 2. The maximum atomic E-state index is 12.4. The molecule has 0 saturated carbocycles. The number of sulfonamides is 1. The summed E-state index contributed by atoms with van der Waals surface area (Å²) in [5.74, 6) is 0.0338. The largest absolute Gasteiger partial charge is 0.493 e. The first-order valence-electron chi connectivity index (χ1n) is 6.15. The SMILES string of the molecule is COc1cccc(CNCCCS(N)(=O)=O)c1OC(F)F. The zero-order chi connectivity index (χ0) is 15.9. The van der Waals surface area contributed by atoms with Crippen molar-refractivity contribution >= 4 is 10.0 Å². The van der Waals surface area contributed by atoms with Crippen molar-refractivity contribution in [2.24, 2.45) is 5.14 Å². The summed E-state index contributed by atoms with van der Waals surface area (Å²) < 4.78 is 55.8. The average Bonchev–Trinajstić information content (AvgIpc) is 2.38. The lowest BCUT2D eigenvalue weighted by atomic mass is 10.2. The Morgan fingerprint density at radius 3 is 2.67 bits per heavy atom. The molecular formula is C12H18F2N2O4S. The summed E-state index contributed by atoms with van der Waals surface area (Å²) in [6.45, 7) is -2.34. The van der Waals surface area contributed by atoms with Crippen molar-refractivity contribution in [2.45, 2.75) is 19.6 Å². The fraction of sp³-hybridized carbons (Fsp3) is 0.500. The van der Waals surface area contributed by atoms with Crippen molar-refractivity contribution in [3.8, 4) is 11.5 Å². The normalized spacial score (nSPS) is 11.7. The molecule has 0 aliphatic carbocycles. The van der Waals surface area contributed by atoms with Gasteiger partial charge in [-0.3, -0.25) is 0 Å². The molecule has 6 nitrogen and oxygen atoms in total. The van der Waals surface area contributed by atoms with Crippen molar-refractivity contribution in [2.75, 3.05) is 19.4 Å². The first kappa shape index (κ1) is 17.6. The van der Waals surface area contributed by atoms with Crippen LogP contribution in [0, 0.1) is 0 Å². The molecule has 1 aromatic carbocycles. The van der Waals surface area contributed by atoms with Crippen molar-refractivity contribution in [1.82, 2.24) is 5.32 Å². The van der Waals surface area contributed by atoms with Gasteiger partial charge in [-0.2, -0.15) is 8.78 Å². The predicted octanol–water partition coefficient (Wildman–Crippen LogP) is 1.06. The minimum atomic E-state index is -3.49. The van der Waals surface area contributed by atoms with Crippen LogP contribution in [0.25, 0.3) is 0 Å². The van der Waals surface area contributed by atoms with E-state index in [9.17, 15) is 17.2 Å². The van der Waals surface area contributed by atoms with Crippen LogP contribution >= 0.6 is 0 Å². The summed E-state index contributed by atoms with van der Waals surface area (Å²) >= 11 is 0. The molecule has 1 rings (SSSR count). The van der Waals surface area contributed by atoms with Crippen LogP contribution in [0.15, 0.2) is 18.2 Å². The highest BCUT2D eigenvalue weighted by molar-refractivity contribution is 7.89. The van der Waals surface area contributed by atoms with E-state index in [1.807, 2.05) is 0 Å². The second-order valence-electron chi connectivity index (χ2n) is 4.22. The summed E-state index contributed by atoms with van der Waals surface area (Å²) in [5, 5.41) is 7.81. The van der Waals surface area contributed by atoms with E-state index in [1.165, 1.54) is 13.2 Å². The van der Waals surface area contributed by atoms with Crippen molar-refractivity contribution in [1.29, 1.82) is 0 Å². The molecule has 1 aromatic rings. The smallest absolute Gasteiger partial charge is 0.387 e. The van der Waals surface area contributed by atoms with Gasteiger partial charge >= 0.3 is 6.61 Å². The van der Waals surface area contributed by atoms with Gasteiger partial charge in [0.25, 0.3) is 0 Å². The van der Waals surface area contributed by atoms with Crippen molar-refractivity contribution in [3.63, 3.8) is 0 Å². The lowest BCUT2D eigenvalue weighted by Gasteiger charge is -2.14. The van der Waals surface area contributed by atoms with Gasteiger partial charge in [0.05, 0.1) is 12.9 Å². The van der Waals surface area contributed by atoms with Crippen LogP contribution in [0.4, 0.5) is 8.78 Å². The number of nitrogens with one attached hydrogen (secondary N) is 1. The van der Waals surface area contributed by atoms with Crippen LogP contribution < -0.4 is 19.9 Å². The molecule has 120 valence electrons. The van der Waals surface area contributed by atoms with E-state index in [-0.39, 0.29) is 23.8 Å². The van der Waals surface area contributed by atoms with Crippen LogP contribution in [0.2, 0.25) is 0 Å². The van der Waals surface area contributed by atoms with Crippen LogP contribution in [-0.4, -0.2) is 34.4 Å². The second-order valence-corrected chi connectivity index (χ2v) is 5.96. The number of ether oxygens (including phenoxy) is 2. The summed E-state index contributed by atoms with van der Waals surface area (Å²) in [5.41, 5.74) is 0.491. The second kappa shape index (κ2) is 8.11. The van der Waals surface area contributed by atoms with E-state index in [0.717, 1.165) is 0 Å². The Morgan fingerprint density at radius 2 is 2.10 bits per heavy atom. The van der Waals surface area contributed by atoms with E-state index in [2.05, 4.69) is 10.1 Å². The number of primary sulfonamides is 1. The van der Waals surface area contributed by atoms with Gasteiger partial charge in [-0.15, -0.1) is 0 Å². The van der Waals surface area contributed by atoms with Gasteiger partial charge in [-0.1, -0.05) is 12.1 Å². The zero-order valence-corrected chi connectivity index (χ0v) is 12.3. The van der Waals surface area contributed by atoms with E-state index < -0.39 is 16.6 Å². The van der Waals surface area contributed by atoms with Crippen LogP contribution in [0.3, 0.4) is 0 Å². The molecule has 0 atom stereocenters. The Bertz CT molecular complexity index is 552. The first-order chi connectivity index (χ1) is 9.83. The molecule has 0 unspecified atom stereocenters. The maximum absolute atomic E-state index is 12.4. The number of hydrogen-bond acceptors (Lipinski definition) is 5. The number of nitrogens with two attached hydrogens (primary N) is 1. The first-order valence-corrected chi connectivity index (χ1v) is 7.87. The highest BCUT2D eigenvalue weighted by Crippen LogP contribution is 2.32. The standard InChI is InChI=1S/C12H18F2N2O4S/c1-19-10-5-2-4-9(11(10)20-12(13)14)8-16-6-3-7-21(15,17)18/h2,4-5,12,16H,3,6-8H2,1H3,(H2,15,17,18). The number of para-hydroxylation sites is 1. The predicted molar refractivity (Wildman–Crippen MR) is 73.9 cm³/mol. The molecule has 0 aromatic heterocycles.